The maximum atomic E-state index is 14.6. The number of alkyl halides is 1. The van der Waals surface area contributed by atoms with Crippen molar-refractivity contribution in [2.75, 3.05) is 0 Å². The molecule has 108 valence electrons. The van der Waals surface area contributed by atoms with Crippen LogP contribution in [0, 0.1) is 0 Å². The lowest BCUT2D eigenvalue weighted by Gasteiger charge is -2.38. The van der Waals surface area contributed by atoms with E-state index in [2.05, 4.69) is 9.97 Å². The standard InChI is InChI=1S/C14H18FN3O2/c1-14(2,3)20-13(19)18-9-4-5-10(18)11(15)12-8(9)6-16-7-17-12/h6-7,9-11H,4-5H2,1-3H3. The lowest BCUT2D eigenvalue weighted by molar-refractivity contribution is 0.000736. The van der Waals surface area contributed by atoms with E-state index in [-0.39, 0.29) is 6.04 Å². The molecular formula is C14H18FN3O2. The lowest BCUT2D eigenvalue weighted by atomic mass is 9.98. The molecule has 3 heterocycles. The maximum absolute atomic E-state index is 14.6. The molecule has 5 nitrogen and oxygen atoms in total. The third kappa shape index (κ3) is 2.03. The first-order chi connectivity index (χ1) is 9.38. The van der Waals surface area contributed by atoms with Crippen molar-refractivity contribution in [1.29, 1.82) is 0 Å². The Morgan fingerprint density at radius 3 is 2.90 bits per heavy atom. The summed E-state index contributed by atoms with van der Waals surface area (Å²) in [7, 11) is 0. The van der Waals surface area contributed by atoms with Crippen LogP contribution in [0.4, 0.5) is 9.18 Å². The van der Waals surface area contributed by atoms with Gasteiger partial charge in [-0.05, 0) is 33.6 Å². The van der Waals surface area contributed by atoms with E-state index in [1.54, 1.807) is 27.0 Å². The first-order valence-electron chi connectivity index (χ1n) is 6.83. The quantitative estimate of drug-likeness (QED) is 0.732. The van der Waals surface area contributed by atoms with Crippen LogP contribution in [0.5, 0.6) is 0 Å². The predicted octanol–water partition coefficient (Wildman–Crippen LogP) is 2.94. The third-order valence-corrected chi connectivity index (χ3v) is 3.76. The van der Waals surface area contributed by atoms with Crippen LogP contribution in [0.2, 0.25) is 0 Å². The van der Waals surface area contributed by atoms with Crippen LogP contribution in [-0.2, 0) is 4.74 Å². The molecule has 1 saturated heterocycles. The molecule has 2 bridgehead atoms. The molecule has 1 aromatic heterocycles. The zero-order valence-electron chi connectivity index (χ0n) is 11.8. The highest BCUT2D eigenvalue weighted by Gasteiger charge is 2.50. The van der Waals surface area contributed by atoms with Gasteiger partial charge in [-0.25, -0.2) is 19.2 Å². The van der Waals surface area contributed by atoms with Gasteiger partial charge < -0.3 is 4.74 Å². The van der Waals surface area contributed by atoms with Crippen LogP contribution in [0.15, 0.2) is 12.5 Å². The van der Waals surface area contributed by atoms with Gasteiger partial charge in [-0.1, -0.05) is 0 Å². The molecule has 2 aliphatic heterocycles. The molecule has 0 spiro atoms. The number of carbonyl (C=O) groups excluding carboxylic acids is 1. The van der Waals surface area contributed by atoms with Crippen LogP contribution < -0.4 is 0 Å². The van der Waals surface area contributed by atoms with E-state index in [4.69, 9.17) is 4.74 Å². The highest BCUT2D eigenvalue weighted by molar-refractivity contribution is 5.70. The van der Waals surface area contributed by atoms with E-state index in [0.717, 1.165) is 6.42 Å². The van der Waals surface area contributed by atoms with Crippen LogP contribution in [0.25, 0.3) is 0 Å². The summed E-state index contributed by atoms with van der Waals surface area (Å²) < 4.78 is 20.0. The Hall–Kier alpha value is -1.72. The summed E-state index contributed by atoms with van der Waals surface area (Å²) in [5, 5.41) is 0. The highest BCUT2D eigenvalue weighted by Crippen LogP contribution is 2.49. The van der Waals surface area contributed by atoms with Crippen LogP contribution in [0.1, 0.15) is 57.1 Å². The van der Waals surface area contributed by atoms with Gasteiger partial charge in [0.15, 0.2) is 6.17 Å². The lowest BCUT2D eigenvalue weighted by Crippen LogP contribution is -2.45. The van der Waals surface area contributed by atoms with Crippen molar-refractivity contribution < 1.29 is 13.9 Å². The van der Waals surface area contributed by atoms with Gasteiger partial charge in [0.1, 0.15) is 11.9 Å². The van der Waals surface area contributed by atoms with Crippen molar-refractivity contribution in [2.45, 2.75) is 57.5 Å². The van der Waals surface area contributed by atoms with E-state index in [0.29, 0.717) is 17.7 Å². The van der Waals surface area contributed by atoms with Gasteiger partial charge in [0.05, 0.1) is 17.8 Å². The summed E-state index contributed by atoms with van der Waals surface area (Å²) in [6.45, 7) is 5.42. The molecule has 1 fully saturated rings. The molecule has 0 aromatic carbocycles. The predicted molar refractivity (Wildman–Crippen MR) is 69.7 cm³/mol. The Labute approximate surface area is 117 Å². The Morgan fingerprint density at radius 1 is 1.45 bits per heavy atom. The Morgan fingerprint density at radius 2 is 2.20 bits per heavy atom. The number of hydrogen-bond donors (Lipinski definition) is 0. The van der Waals surface area contributed by atoms with Crippen molar-refractivity contribution in [3.63, 3.8) is 0 Å². The van der Waals surface area contributed by atoms with Gasteiger partial charge in [0.25, 0.3) is 0 Å². The highest BCUT2D eigenvalue weighted by atomic mass is 19.1. The average molecular weight is 279 g/mol. The van der Waals surface area contributed by atoms with Gasteiger partial charge in [-0.2, -0.15) is 0 Å². The fourth-order valence-electron chi connectivity index (χ4n) is 3.03. The first kappa shape index (κ1) is 13.3. The Balaban J connectivity index is 1.94. The number of fused-ring (bicyclic) bond motifs is 4. The summed E-state index contributed by atoms with van der Waals surface area (Å²) in [4.78, 5) is 21.9. The van der Waals surface area contributed by atoms with Gasteiger partial charge in [0, 0.05) is 11.8 Å². The Bertz CT molecular complexity index is 543. The summed E-state index contributed by atoms with van der Waals surface area (Å²) in [6, 6.07) is -0.643. The number of aromatic nitrogens is 2. The number of rotatable bonds is 0. The molecule has 0 radical (unpaired) electrons. The van der Waals surface area contributed by atoms with Crippen molar-refractivity contribution in [3.05, 3.63) is 23.8 Å². The van der Waals surface area contributed by atoms with Gasteiger partial charge in [-0.15, -0.1) is 0 Å². The molecule has 1 aromatic rings. The molecule has 20 heavy (non-hydrogen) atoms. The second-order valence-corrected chi connectivity index (χ2v) is 6.31. The number of amides is 1. The molecule has 3 unspecified atom stereocenters. The van der Waals surface area contributed by atoms with Crippen molar-refractivity contribution >= 4 is 6.09 Å². The van der Waals surface area contributed by atoms with Crippen molar-refractivity contribution in [2.24, 2.45) is 0 Å². The average Bonchev–Trinajstić information content (AvgIpc) is 2.74. The number of halogens is 1. The maximum Gasteiger partial charge on any atom is 0.411 e. The molecule has 1 amide bonds. The van der Waals surface area contributed by atoms with Gasteiger partial charge >= 0.3 is 6.09 Å². The van der Waals surface area contributed by atoms with E-state index >= 15 is 0 Å². The minimum Gasteiger partial charge on any atom is -0.444 e. The summed E-state index contributed by atoms with van der Waals surface area (Å²) in [5.41, 5.74) is 0.544. The molecular weight excluding hydrogens is 261 g/mol. The number of nitrogens with zero attached hydrogens (tertiary/aromatic N) is 3. The number of carbonyl (C=O) groups is 1. The van der Waals surface area contributed by atoms with Crippen LogP contribution in [-0.4, -0.2) is 32.6 Å². The molecule has 3 rings (SSSR count). The molecule has 0 N–H and O–H groups in total. The second-order valence-electron chi connectivity index (χ2n) is 6.31. The normalized spacial score (nSPS) is 28.2. The third-order valence-electron chi connectivity index (χ3n) is 3.76. The number of ether oxygens (including phenoxy) is 1. The van der Waals surface area contributed by atoms with E-state index in [1.807, 2.05) is 0 Å². The van der Waals surface area contributed by atoms with Crippen LogP contribution in [0.3, 0.4) is 0 Å². The fraction of sp³-hybridized carbons (Fsp3) is 0.643. The molecule has 6 heteroatoms. The number of hydrogen-bond acceptors (Lipinski definition) is 4. The minimum absolute atomic E-state index is 0.168. The van der Waals surface area contributed by atoms with E-state index in [9.17, 15) is 9.18 Å². The molecule has 2 aliphatic rings. The van der Waals surface area contributed by atoms with Crippen LogP contribution >= 0.6 is 0 Å². The Kier molecular flexibility index (Phi) is 2.92. The summed E-state index contributed by atoms with van der Waals surface area (Å²) >= 11 is 0. The van der Waals surface area contributed by atoms with E-state index < -0.39 is 23.9 Å². The van der Waals surface area contributed by atoms with Gasteiger partial charge in [0.2, 0.25) is 0 Å². The monoisotopic (exact) mass is 279 g/mol. The SMILES string of the molecule is CC(C)(C)OC(=O)N1C2CCC1C(F)c1ncncc12. The topological polar surface area (TPSA) is 55.3 Å². The zero-order chi connectivity index (χ0) is 14.5. The summed E-state index contributed by atoms with van der Waals surface area (Å²) in [6.07, 6.45) is 2.60. The smallest absolute Gasteiger partial charge is 0.411 e. The molecule has 3 atom stereocenters. The van der Waals surface area contributed by atoms with E-state index in [1.165, 1.54) is 11.2 Å². The minimum atomic E-state index is -1.26. The largest absolute Gasteiger partial charge is 0.444 e. The van der Waals surface area contributed by atoms with Gasteiger partial charge in [-0.3, -0.25) is 4.90 Å². The zero-order valence-corrected chi connectivity index (χ0v) is 11.8. The molecule has 0 aliphatic carbocycles. The second kappa shape index (κ2) is 4.40. The van der Waals surface area contributed by atoms with Crippen molar-refractivity contribution in [1.82, 2.24) is 14.9 Å². The fourth-order valence-corrected chi connectivity index (χ4v) is 3.03. The first-order valence-corrected chi connectivity index (χ1v) is 6.83. The molecule has 0 saturated carbocycles. The van der Waals surface area contributed by atoms with Crippen molar-refractivity contribution in [3.8, 4) is 0 Å². The summed E-state index contributed by atoms with van der Waals surface area (Å²) in [5.74, 6) is 0.